The molecular formula is C13H11KO5S. The number of benzene rings is 2. The van der Waals surface area contributed by atoms with E-state index in [2.05, 4.69) is 9.22 Å². The predicted molar refractivity (Wildman–Crippen MR) is 73.7 cm³/mol. The Balaban J connectivity index is 0.00000200. The molecule has 0 N–H and O–H groups in total. The van der Waals surface area contributed by atoms with Crippen molar-refractivity contribution in [2.45, 2.75) is 4.90 Å². The van der Waals surface area contributed by atoms with Gasteiger partial charge in [0.25, 0.3) is 0 Å². The van der Waals surface area contributed by atoms with Crippen molar-refractivity contribution in [3.8, 4) is 0 Å². The summed E-state index contributed by atoms with van der Waals surface area (Å²) < 4.78 is 27.6. The Morgan fingerprint density at radius 2 is 1.35 bits per heavy atom. The fraction of sp³-hybridized carbons (Fsp3) is 0. The van der Waals surface area contributed by atoms with Crippen molar-refractivity contribution in [2.24, 2.45) is 0 Å². The molecule has 0 aliphatic carbocycles. The van der Waals surface area contributed by atoms with E-state index < -0.39 is 16.1 Å². The van der Waals surface area contributed by atoms with Crippen LogP contribution in [0.15, 0.2) is 65.6 Å². The van der Waals surface area contributed by atoms with Gasteiger partial charge in [0.1, 0.15) is 0 Å². The quantitative estimate of drug-likeness (QED) is 0.485. The molecule has 2 aromatic carbocycles. The third kappa shape index (κ3) is 4.78. The number of carbonyl (C=O) groups excluding carboxylic acids is 1. The summed E-state index contributed by atoms with van der Waals surface area (Å²) in [4.78, 5) is 15.7. The van der Waals surface area contributed by atoms with Crippen molar-refractivity contribution in [3.63, 3.8) is 0 Å². The molecule has 0 bridgehead atoms. The second kappa shape index (κ2) is 8.04. The molecule has 0 heterocycles. The summed E-state index contributed by atoms with van der Waals surface area (Å²) in [6.45, 7) is 0. The average molecular weight is 318 g/mol. The van der Waals surface area contributed by atoms with E-state index in [9.17, 15) is 13.2 Å². The van der Waals surface area contributed by atoms with E-state index in [4.69, 9.17) is 0 Å². The van der Waals surface area contributed by atoms with Crippen LogP contribution in [0.1, 0.15) is 10.4 Å². The van der Waals surface area contributed by atoms with Gasteiger partial charge >= 0.3 is 67.5 Å². The fourth-order valence-electron chi connectivity index (χ4n) is 1.32. The van der Waals surface area contributed by atoms with E-state index in [-0.39, 0.29) is 61.8 Å². The van der Waals surface area contributed by atoms with Gasteiger partial charge in [-0.2, -0.15) is 8.42 Å². The van der Waals surface area contributed by atoms with Crippen molar-refractivity contribution in [2.75, 3.05) is 0 Å². The molecule has 0 saturated heterocycles. The fourth-order valence-corrected chi connectivity index (χ4v) is 2.04. The third-order valence-electron chi connectivity index (χ3n) is 2.24. The number of hydrogen-bond acceptors (Lipinski definition) is 5. The first kappa shape index (κ1) is 17.5. The zero-order valence-electron chi connectivity index (χ0n) is 9.72. The van der Waals surface area contributed by atoms with E-state index in [0.717, 1.165) is 0 Å². The van der Waals surface area contributed by atoms with Crippen LogP contribution < -0.4 is 0 Å². The Bertz CT molecular complexity index is 656. The summed E-state index contributed by atoms with van der Waals surface area (Å²) in [5, 5.41) is 0. The molecule has 5 nitrogen and oxygen atoms in total. The molecule has 2 rings (SSSR count). The molecule has 20 heavy (non-hydrogen) atoms. The number of rotatable bonds is 4. The van der Waals surface area contributed by atoms with Crippen molar-refractivity contribution in [1.29, 1.82) is 0 Å². The van der Waals surface area contributed by atoms with Gasteiger partial charge in [-0.1, -0.05) is 36.4 Å². The van der Waals surface area contributed by atoms with Crippen LogP contribution >= 0.6 is 0 Å². The molecule has 0 aliphatic rings. The summed E-state index contributed by atoms with van der Waals surface area (Å²) in [6.07, 6.45) is 0. The molecule has 0 amide bonds. The van der Waals surface area contributed by atoms with Gasteiger partial charge in [0.2, 0.25) is 0 Å². The third-order valence-corrected chi connectivity index (χ3v) is 3.34. The van der Waals surface area contributed by atoms with E-state index >= 15 is 0 Å². The van der Waals surface area contributed by atoms with Crippen molar-refractivity contribution in [3.05, 3.63) is 66.2 Å². The number of hydrogen-bond donors (Lipinski definition) is 0. The molecule has 0 aromatic heterocycles. The van der Waals surface area contributed by atoms with Crippen LogP contribution in [0.4, 0.5) is 0 Å². The normalized spacial score (nSPS) is 10.4. The van der Waals surface area contributed by atoms with Gasteiger partial charge < -0.3 is 0 Å². The van der Waals surface area contributed by atoms with Crippen molar-refractivity contribution in [1.82, 2.24) is 0 Å². The van der Waals surface area contributed by atoms with Crippen LogP contribution in [0.25, 0.3) is 0 Å². The minimum absolute atomic E-state index is 0. The Kier molecular flexibility index (Phi) is 7.03. The van der Waals surface area contributed by atoms with Gasteiger partial charge in [0, 0.05) is 0 Å². The SMILES string of the molecule is O=C(OOS(=O)(=O)c1ccccc1)c1ccccc1.[KH]. The van der Waals surface area contributed by atoms with Crippen LogP contribution in [-0.4, -0.2) is 65.8 Å². The first-order valence-corrected chi connectivity index (χ1v) is 6.76. The summed E-state index contributed by atoms with van der Waals surface area (Å²) in [5.41, 5.74) is 0.200. The molecule has 0 fully saturated rings. The minimum atomic E-state index is -4.11. The first-order valence-electron chi connectivity index (χ1n) is 5.35. The Morgan fingerprint density at radius 3 is 1.90 bits per heavy atom. The van der Waals surface area contributed by atoms with Gasteiger partial charge in [-0.3, -0.25) is 4.89 Å². The molecule has 2 aromatic rings. The molecule has 0 saturated carbocycles. The molecule has 0 unspecified atom stereocenters. The Hall–Kier alpha value is -0.544. The van der Waals surface area contributed by atoms with Crippen LogP contribution in [0.5, 0.6) is 0 Å². The van der Waals surface area contributed by atoms with Crippen LogP contribution in [0.3, 0.4) is 0 Å². The monoisotopic (exact) mass is 318 g/mol. The van der Waals surface area contributed by atoms with E-state index in [1.165, 1.54) is 36.4 Å². The van der Waals surface area contributed by atoms with Gasteiger partial charge in [-0.25, -0.2) is 4.79 Å². The molecule has 100 valence electrons. The van der Waals surface area contributed by atoms with Gasteiger partial charge in [0.15, 0.2) is 0 Å². The van der Waals surface area contributed by atoms with Gasteiger partial charge in [-0.15, -0.1) is 0 Å². The average Bonchev–Trinajstić information content (AvgIpc) is 2.47. The Morgan fingerprint density at radius 1 is 0.850 bits per heavy atom. The molecule has 7 heteroatoms. The second-order valence-electron chi connectivity index (χ2n) is 3.57. The molecule has 0 aliphatic heterocycles. The number of carbonyl (C=O) groups is 1. The molecular weight excluding hydrogens is 307 g/mol. The van der Waals surface area contributed by atoms with Gasteiger partial charge in [-0.05, 0) is 28.6 Å². The predicted octanol–water partition coefficient (Wildman–Crippen LogP) is 1.52. The van der Waals surface area contributed by atoms with Gasteiger partial charge in [0.05, 0.1) is 10.5 Å². The molecule has 0 atom stereocenters. The maximum absolute atomic E-state index is 11.7. The van der Waals surface area contributed by atoms with Crippen molar-refractivity contribution >= 4 is 67.5 Å². The van der Waals surface area contributed by atoms with E-state index in [1.54, 1.807) is 24.3 Å². The summed E-state index contributed by atoms with van der Waals surface area (Å²) in [5.74, 6) is -0.875. The summed E-state index contributed by atoms with van der Waals surface area (Å²) in [6, 6.07) is 15.4. The molecule has 0 spiro atoms. The second-order valence-corrected chi connectivity index (χ2v) is 5.09. The zero-order valence-corrected chi connectivity index (χ0v) is 10.5. The van der Waals surface area contributed by atoms with E-state index in [1.807, 2.05) is 0 Å². The van der Waals surface area contributed by atoms with Crippen molar-refractivity contribution < 1.29 is 22.4 Å². The standard InChI is InChI=1S/C13H10O5S.K.H/c14-13(11-7-3-1-4-8-11)17-18-19(15,16)12-9-5-2-6-10-12;;/h1-10H;;. The Labute approximate surface area is 159 Å². The zero-order chi connectivity index (χ0) is 13.7. The topological polar surface area (TPSA) is 69.7 Å². The van der Waals surface area contributed by atoms with Crippen LogP contribution in [0, 0.1) is 0 Å². The first-order chi connectivity index (χ1) is 9.09. The van der Waals surface area contributed by atoms with E-state index in [0.29, 0.717) is 0 Å². The van der Waals surface area contributed by atoms with Crippen LogP contribution in [0.2, 0.25) is 0 Å². The summed E-state index contributed by atoms with van der Waals surface area (Å²) >= 11 is 0. The summed E-state index contributed by atoms with van der Waals surface area (Å²) in [7, 11) is -4.11. The maximum atomic E-state index is 11.7. The van der Waals surface area contributed by atoms with Crippen LogP contribution in [-0.2, 0) is 19.3 Å². The molecule has 0 radical (unpaired) electrons.